The number of amides is 1. The van der Waals surface area contributed by atoms with E-state index in [0.717, 1.165) is 41.9 Å². The third kappa shape index (κ3) is 2.73. The first-order valence-electron chi connectivity index (χ1n) is 8.21. The Morgan fingerprint density at radius 1 is 1.25 bits per heavy atom. The van der Waals surface area contributed by atoms with Crippen molar-refractivity contribution >= 4 is 11.5 Å². The molecule has 2 aliphatic heterocycles. The van der Waals surface area contributed by atoms with Crippen molar-refractivity contribution in [2.45, 2.75) is 18.9 Å². The number of rotatable bonds is 2. The second-order valence-corrected chi connectivity index (χ2v) is 6.17. The van der Waals surface area contributed by atoms with E-state index in [0.29, 0.717) is 13.1 Å². The van der Waals surface area contributed by atoms with Gasteiger partial charge in [-0.1, -0.05) is 18.2 Å². The largest absolute Gasteiger partial charge is 0.348 e. The molecular weight excluding hydrogens is 307 g/mol. The number of carbonyl (C=O) groups excluding carboxylic acids is 1. The summed E-state index contributed by atoms with van der Waals surface area (Å²) in [5.74, 6) is -0.164. The van der Waals surface area contributed by atoms with Crippen LogP contribution in [0.4, 0.5) is 4.39 Å². The minimum atomic E-state index is -0.360. The highest BCUT2D eigenvalue weighted by molar-refractivity contribution is 5.84. The fraction of sp³-hybridized carbons (Fsp3) is 0.333. The first kappa shape index (κ1) is 15.1. The van der Waals surface area contributed by atoms with Gasteiger partial charge >= 0.3 is 0 Å². The molecule has 0 radical (unpaired) electrons. The van der Waals surface area contributed by atoms with Gasteiger partial charge in [-0.2, -0.15) is 0 Å². The first-order chi connectivity index (χ1) is 11.7. The van der Waals surface area contributed by atoms with Crippen LogP contribution in [0.15, 0.2) is 36.7 Å². The molecule has 2 aliphatic rings. The molecule has 24 heavy (non-hydrogen) atoms. The van der Waals surface area contributed by atoms with Crippen LogP contribution in [0, 0.1) is 5.82 Å². The molecule has 3 heterocycles. The summed E-state index contributed by atoms with van der Waals surface area (Å²) in [6.45, 7) is 2.01. The topological polar surface area (TPSA) is 61.0 Å². The van der Waals surface area contributed by atoms with Crippen LogP contribution < -0.4 is 5.32 Å². The van der Waals surface area contributed by atoms with Gasteiger partial charge in [0.05, 0.1) is 12.0 Å². The van der Waals surface area contributed by atoms with E-state index in [1.807, 2.05) is 4.90 Å². The molecule has 0 bridgehead atoms. The third-order valence-electron chi connectivity index (χ3n) is 4.73. The molecule has 0 spiro atoms. The van der Waals surface area contributed by atoms with Crippen molar-refractivity contribution in [3.63, 3.8) is 0 Å². The predicted octanol–water partition coefficient (Wildman–Crippen LogP) is 2.05. The van der Waals surface area contributed by atoms with Crippen molar-refractivity contribution in [3.05, 3.63) is 59.4 Å². The Morgan fingerprint density at radius 3 is 2.83 bits per heavy atom. The van der Waals surface area contributed by atoms with Crippen LogP contribution in [0.1, 0.15) is 29.4 Å². The molecule has 0 fully saturated rings. The number of benzene rings is 1. The SMILES string of the molecule is O=C([C@H]1NCCc2[nH]cnc21)N1CC=C(c2ccc(F)cc2)CC1. The predicted molar refractivity (Wildman–Crippen MR) is 88.6 cm³/mol. The van der Waals surface area contributed by atoms with Gasteiger partial charge in [-0.15, -0.1) is 0 Å². The molecule has 0 saturated carbocycles. The van der Waals surface area contributed by atoms with Crippen LogP contribution in [0.25, 0.3) is 5.57 Å². The van der Waals surface area contributed by atoms with Crippen LogP contribution in [-0.2, 0) is 11.2 Å². The lowest BCUT2D eigenvalue weighted by atomic mass is 9.98. The number of aromatic amines is 1. The number of hydrogen-bond acceptors (Lipinski definition) is 3. The lowest BCUT2D eigenvalue weighted by molar-refractivity contribution is -0.133. The van der Waals surface area contributed by atoms with E-state index in [1.54, 1.807) is 18.5 Å². The quantitative estimate of drug-likeness (QED) is 0.888. The molecule has 2 aromatic rings. The normalized spacial score (nSPS) is 20.5. The third-order valence-corrected chi connectivity index (χ3v) is 4.73. The molecule has 124 valence electrons. The van der Waals surface area contributed by atoms with E-state index in [9.17, 15) is 9.18 Å². The zero-order chi connectivity index (χ0) is 16.5. The first-order valence-corrected chi connectivity index (χ1v) is 8.21. The van der Waals surface area contributed by atoms with Crippen LogP contribution in [-0.4, -0.2) is 40.4 Å². The smallest absolute Gasteiger partial charge is 0.246 e. The second kappa shape index (κ2) is 6.20. The Kier molecular flexibility index (Phi) is 3.90. The number of H-pyrrole nitrogens is 1. The van der Waals surface area contributed by atoms with Crippen molar-refractivity contribution < 1.29 is 9.18 Å². The highest BCUT2D eigenvalue weighted by atomic mass is 19.1. The maximum absolute atomic E-state index is 13.0. The Bertz CT molecular complexity index is 781. The number of fused-ring (bicyclic) bond motifs is 1. The van der Waals surface area contributed by atoms with Gasteiger partial charge in [-0.25, -0.2) is 9.37 Å². The van der Waals surface area contributed by atoms with Gasteiger partial charge in [-0.05, 0) is 29.7 Å². The summed E-state index contributed by atoms with van der Waals surface area (Å²) in [7, 11) is 0. The van der Waals surface area contributed by atoms with E-state index in [2.05, 4.69) is 21.4 Å². The van der Waals surface area contributed by atoms with E-state index in [4.69, 9.17) is 0 Å². The second-order valence-electron chi connectivity index (χ2n) is 6.17. The van der Waals surface area contributed by atoms with Crippen molar-refractivity contribution in [1.82, 2.24) is 20.2 Å². The number of carbonyl (C=O) groups is 1. The minimum Gasteiger partial charge on any atom is -0.348 e. The molecule has 2 N–H and O–H groups in total. The van der Waals surface area contributed by atoms with E-state index < -0.39 is 0 Å². The molecule has 4 rings (SSSR count). The Hall–Kier alpha value is -2.47. The van der Waals surface area contributed by atoms with Gasteiger partial charge in [0.15, 0.2) is 0 Å². The van der Waals surface area contributed by atoms with Gasteiger partial charge in [0.2, 0.25) is 5.91 Å². The van der Waals surface area contributed by atoms with Crippen molar-refractivity contribution in [2.24, 2.45) is 0 Å². The van der Waals surface area contributed by atoms with Gasteiger partial charge in [0.25, 0.3) is 0 Å². The summed E-state index contributed by atoms with van der Waals surface area (Å²) in [5.41, 5.74) is 4.05. The zero-order valence-corrected chi connectivity index (χ0v) is 13.3. The molecule has 1 amide bonds. The Balaban J connectivity index is 1.48. The standard InChI is InChI=1S/C18H19FN4O/c19-14-3-1-12(2-4-14)13-6-9-23(10-7-13)18(24)17-16-15(5-8-20-17)21-11-22-16/h1-4,6,11,17,20H,5,7-10H2,(H,21,22)/t17-/m0/s1. The van der Waals surface area contributed by atoms with E-state index >= 15 is 0 Å². The average molecular weight is 326 g/mol. The lowest BCUT2D eigenvalue weighted by Crippen LogP contribution is -2.45. The van der Waals surface area contributed by atoms with Crippen LogP contribution in [0.2, 0.25) is 0 Å². The van der Waals surface area contributed by atoms with Gasteiger partial charge in [0.1, 0.15) is 11.9 Å². The van der Waals surface area contributed by atoms with Crippen LogP contribution in [0.3, 0.4) is 0 Å². The van der Waals surface area contributed by atoms with Crippen molar-refractivity contribution in [1.29, 1.82) is 0 Å². The minimum absolute atomic E-state index is 0.0671. The van der Waals surface area contributed by atoms with Crippen molar-refractivity contribution in [3.8, 4) is 0 Å². The summed E-state index contributed by atoms with van der Waals surface area (Å²) in [5, 5.41) is 3.27. The molecule has 0 saturated heterocycles. The monoisotopic (exact) mass is 326 g/mol. The number of imidazole rings is 1. The molecule has 6 heteroatoms. The summed E-state index contributed by atoms with van der Waals surface area (Å²) in [4.78, 5) is 22.1. The summed E-state index contributed by atoms with van der Waals surface area (Å²) in [6.07, 6.45) is 5.36. The summed E-state index contributed by atoms with van der Waals surface area (Å²) in [6, 6.07) is 6.16. The molecule has 1 aromatic carbocycles. The molecule has 1 atom stereocenters. The summed E-state index contributed by atoms with van der Waals surface area (Å²) >= 11 is 0. The maximum atomic E-state index is 13.0. The zero-order valence-electron chi connectivity index (χ0n) is 13.3. The number of aromatic nitrogens is 2. The molecule has 0 aliphatic carbocycles. The van der Waals surface area contributed by atoms with Crippen molar-refractivity contribution in [2.75, 3.05) is 19.6 Å². The molecule has 1 aromatic heterocycles. The van der Waals surface area contributed by atoms with Crippen LogP contribution >= 0.6 is 0 Å². The van der Waals surface area contributed by atoms with Gasteiger partial charge in [-0.3, -0.25) is 4.79 Å². The fourth-order valence-electron chi connectivity index (χ4n) is 3.40. The number of nitrogens with one attached hydrogen (secondary N) is 2. The van der Waals surface area contributed by atoms with E-state index in [1.165, 1.54) is 12.1 Å². The van der Waals surface area contributed by atoms with E-state index in [-0.39, 0.29) is 17.8 Å². The highest BCUT2D eigenvalue weighted by Crippen LogP contribution is 2.26. The van der Waals surface area contributed by atoms with Gasteiger partial charge < -0.3 is 15.2 Å². The Morgan fingerprint density at radius 2 is 2.08 bits per heavy atom. The lowest BCUT2D eigenvalue weighted by Gasteiger charge is -2.31. The molecular formula is C18H19FN4O. The average Bonchev–Trinajstić information content (AvgIpc) is 3.11. The van der Waals surface area contributed by atoms with Gasteiger partial charge in [0, 0.05) is 31.7 Å². The number of nitrogens with zero attached hydrogens (tertiary/aromatic N) is 2. The van der Waals surface area contributed by atoms with Crippen LogP contribution in [0.5, 0.6) is 0 Å². The Labute approximate surface area is 139 Å². The fourth-order valence-corrected chi connectivity index (χ4v) is 3.40. The number of halogens is 1. The maximum Gasteiger partial charge on any atom is 0.246 e. The summed E-state index contributed by atoms with van der Waals surface area (Å²) < 4.78 is 13.0. The number of hydrogen-bond donors (Lipinski definition) is 2. The molecule has 5 nitrogen and oxygen atoms in total. The highest BCUT2D eigenvalue weighted by Gasteiger charge is 2.32. The molecule has 0 unspecified atom stereocenters.